The predicted molar refractivity (Wildman–Crippen MR) is 115 cm³/mol. The molecule has 1 aliphatic heterocycles. The topological polar surface area (TPSA) is 84.6 Å². The first-order valence-electron chi connectivity index (χ1n) is 9.56. The van der Waals surface area contributed by atoms with E-state index in [0.29, 0.717) is 23.8 Å². The molecular weight excluding hydrogens is 463 g/mol. The van der Waals surface area contributed by atoms with E-state index in [1.54, 1.807) is 29.2 Å². The van der Waals surface area contributed by atoms with Gasteiger partial charge in [0.2, 0.25) is 0 Å². The van der Waals surface area contributed by atoms with Crippen LogP contribution in [0.5, 0.6) is 0 Å². The van der Waals surface area contributed by atoms with Gasteiger partial charge < -0.3 is 4.90 Å². The van der Waals surface area contributed by atoms with Crippen molar-refractivity contribution in [1.82, 2.24) is 14.1 Å². The van der Waals surface area contributed by atoms with Crippen LogP contribution in [0.1, 0.15) is 29.8 Å². The van der Waals surface area contributed by atoms with E-state index in [2.05, 4.69) is 9.50 Å². The van der Waals surface area contributed by atoms with E-state index in [1.807, 2.05) is 0 Å². The first-order chi connectivity index (χ1) is 14.8. The summed E-state index contributed by atoms with van der Waals surface area (Å²) in [6.07, 6.45) is 2.81. The molecule has 4 rings (SSSR count). The van der Waals surface area contributed by atoms with E-state index in [9.17, 15) is 17.6 Å². The minimum absolute atomic E-state index is 0.0325. The molecule has 162 valence electrons. The largest absolute Gasteiger partial charge is 0.337 e. The summed E-state index contributed by atoms with van der Waals surface area (Å²) in [4.78, 5) is 14.6. The molecule has 7 nitrogen and oxygen atoms in total. The van der Waals surface area contributed by atoms with Crippen LogP contribution < -0.4 is 4.67 Å². The molecule has 0 unspecified atom stereocenters. The molecule has 3 aromatic rings. The zero-order valence-electron chi connectivity index (χ0n) is 16.2. The van der Waals surface area contributed by atoms with Gasteiger partial charge in [-0.3, -0.25) is 4.79 Å². The smallest absolute Gasteiger partial charge is 0.283 e. The summed E-state index contributed by atoms with van der Waals surface area (Å²) >= 11 is 6.87. The van der Waals surface area contributed by atoms with Gasteiger partial charge in [0.15, 0.2) is 10.4 Å². The molecule has 0 N–H and O–H groups in total. The number of carbonyl (C=O) groups excluding carboxylic acids is 1. The van der Waals surface area contributed by atoms with E-state index < -0.39 is 15.8 Å². The Bertz CT molecular complexity index is 1260. The fraction of sp³-hybridized carbons (Fsp3) is 0.250. The number of nitrogens with zero attached hydrogens (tertiary/aromatic N) is 4. The predicted octanol–water partition coefficient (Wildman–Crippen LogP) is 3.64. The molecule has 0 spiro atoms. The fourth-order valence-electron chi connectivity index (χ4n) is 3.17. The van der Waals surface area contributed by atoms with Crippen molar-refractivity contribution in [2.75, 3.05) is 13.1 Å². The van der Waals surface area contributed by atoms with E-state index in [1.165, 1.54) is 4.07 Å². The number of amides is 1. The van der Waals surface area contributed by atoms with Gasteiger partial charge in [0, 0.05) is 18.1 Å². The lowest BCUT2D eigenvalue weighted by Crippen LogP contribution is -2.38. The number of hydrogen-bond donors (Lipinski definition) is 0. The molecule has 2 aromatic carbocycles. The van der Waals surface area contributed by atoms with Gasteiger partial charge in [-0.05, 0) is 79.3 Å². The summed E-state index contributed by atoms with van der Waals surface area (Å²) < 4.78 is 44.1. The summed E-state index contributed by atoms with van der Waals surface area (Å²) in [5, 5.41) is 4.90. The van der Waals surface area contributed by atoms with Gasteiger partial charge in [0.05, 0.1) is 10.6 Å². The molecule has 1 aromatic heterocycles. The first-order valence-corrected chi connectivity index (χ1v) is 12.1. The maximum absolute atomic E-state index is 13.2. The van der Waals surface area contributed by atoms with E-state index in [4.69, 9.17) is 11.6 Å². The highest BCUT2D eigenvalue weighted by Crippen LogP contribution is 2.17. The Hall–Kier alpha value is -2.56. The molecule has 0 bridgehead atoms. The molecule has 1 amide bonds. The van der Waals surface area contributed by atoms with Crippen molar-refractivity contribution >= 4 is 39.1 Å². The van der Waals surface area contributed by atoms with Gasteiger partial charge in [-0.1, -0.05) is 11.6 Å². The van der Waals surface area contributed by atoms with Crippen LogP contribution in [-0.4, -0.2) is 41.5 Å². The first kappa shape index (κ1) is 21.7. The number of piperidine rings is 1. The van der Waals surface area contributed by atoms with Crippen molar-refractivity contribution in [1.29, 1.82) is 0 Å². The van der Waals surface area contributed by atoms with Crippen molar-refractivity contribution in [3.05, 3.63) is 69.7 Å². The second-order valence-electron chi connectivity index (χ2n) is 6.97. The van der Waals surface area contributed by atoms with E-state index in [0.717, 1.165) is 55.1 Å². The van der Waals surface area contributed by atoms with Crippen molar-refractivity contribution in [3.8, 4) is 5.69 Å². The number of halogens is 2. The van der Waals surface area contributed by atoms with Gasteiger partial charge in [0.25, 0.3) is 15.9 Å². The Morgan fingerprint density at radius 3 is 2.32 bits per heavy atom. The van der Waals surface area contributed by atoms with Gasteiger partial charge in [-0.15, -0.1) is 9.50 Å². The van der Waals surface area contributed by atoms with Crippen molar-refractivity contribution < 1.29 is 17.6 Å². The highest BCUT2D eigenvalue weighted by molar-refractivity contribution is 7.90. The third kappa shape index (κ3) is 4.86. The molecule has 0 atom stereocenters. The summed E-state index contributed by atoms with van der Waals surface area (Å²) in [6, 6.07) is 11.1. The molecule has 1 fully saturated rings. The molecular formula is C20H18ClFN4O3S2. The summed E-state index contributed by atoms with van der Waals surface area (Å²) in [6.45, 7) is 1.17. The Balaban J connectivity index is 1.82. The minimum atomic E-state index is -4.17. The van der Waals surface area contributed by atoms with Gasteiger partial charge in [0.1, 0.15) is 5.82 Å². The second-order valence-corrected chi connectivity index (χ2v) is 9.92. The lowest BCUT2D eigenvalue weighted by molar-refractivity contribution is 0.0716. The number of benzene rings is 2. The van der Waals surface area contributed by atoms with Gasteiger partial charge in [-0.25, -0.2) is 4.39 Å². The number of likely N-dealkylation sites (tertiary alicyclic amines) is 1. The SMILES string of the molecule is O=C(c1nn(-c2ccc(Cl)cc2)s/c1=N\S(=O)(=O)c1ccc(F)cc1)N1CCCCC1. The molecule has 31 heavy (non-hydrogen) atoms. The number of rotatable bonds is 4. The van der Waals surface area contributed by atoms with E-state index in [-0.39, 0.29) is 21.2 Å². The molecule has 0 aliphatic carbocycles. The van der Waals surface area contributed by atoms with Gasteiger partial charge >= 0.3 is 0 Å². The molecule has 0 radical (unpaired) electrons. The number of aromatic nitrogens is 2. The number of carbonyl (C=O) groups is 1. The maximum Gasteiger partial charge on any atom is 0.283 e. The van der Waals surface area contributed by atoms with Crippen LogP contribution >= 0.6 is 23.1 Å². The fourth-order valence-corrected chi connectivity index (χ4v) is 5.34. The summed E-state index contributed by atoms with van der Waals surface area (Å²) in [5.41, 5.74) is 0.579. The van der Waals surface area contributed by atoms with Crippen LogP contribution in [0.25, 0.3) is 5.69 Å². The van der Waals surface area contributed by atoms with Gasteiger partial charge in [-0.2, -0.15) is 12.5 Å². The third-order valence-electron chi connectivity index (χ3n) is 4.77. The van der Waals surface area contributed by atoms with E-state index >= 15 is 0 Å². The Labute approximate surface area is 187 Å². The monoisotopic (exact) mass is 480 g/mol. The molecule has 1 aliphatic rings. The quantitative estimate of drug-likeness (QED) is 0.570. The third-order valence-corrected chi connectivity index (χ3v) is 7.36. The average molecular weight is 481 g/mol. The highest BCUT2D eigenvalue weighted by Gasteiger charge is 2.25. The van der Waals surface area contributed by atoms with Crippen molar-refractivity contribution in [2.45, 2.75) is 24.2 Å². The number of sulfonamides is 1. The Morgan fingerprint density at radius 2 is 1.68 bits per heavy atom. The summed E-state index contributed by atoms with van der Waals surface area (Å²) in [5.74, 6) is -0.921. The maximum atomic E-state index is 13.2. The van der Waals surface area contributed by atoms with Crippen molar-refractivity contribution in [3.63, 3.8) is 0 Å². The zero-order valence-corrected chi connectivity index (χ0v) is 18.6. The highest BCUT2D eigenvalue weighted by atomic mass is 35.5. The molecule has 0 saturated carbocycles. The lowest BCUT2D eigenvalue weighted by atomic mass is 10.1. The molecule has 1 saturated heterocycles. The standard InChI is InChI=1S/C20H18ClFN4O3S2/c21-14-4-8-16(9-5-14)26-23-18(20(27)25-12-2-1-3-13-25)19(30-26)24-31(28,29)17-10-6-15(22)7-11-17/h4-11H,1-3,12-13H2/b24-19-. The molecule has 2 heterocycles. The van der Waals surface area contributed by atoms with Crippen LogP contribution in [0.15, 0.2) is 57.8 Å². The minimum Gasteiger partial charge on any atom is -0.337 e. The lowest BCUT2D eigenvalue weighted by Gasteiger charge is -2.25. The zero-order chi connectivity index (χ0) is 22.0. The molecule has 11 heteroatoms. The normalized spacial score (nSPS) is 15.3. The van der Waals surface area contributed by atoms with Crippen LogP contribution in [0.2, 0.25) is 5.02 Å². The second kappa shape index (κ2) is 8.89. The van der Waals surface area contributed by atoms with Crippen molar-refractivity contribution in [2.24, 2.45) is 4.40 Å². The van der Waals surface area contributed by atoms with Crippen LogP contribution in [0.3, 0.4) is 0 Å². The average Bonchev–Trinajstić information content (AvgIpc) is 3.17. The van der Waals surface area contributed by atoms with Crippen LogP contribution in [-0.2, 0) is 10.0 Å². The van der Waals surface area contributed by atoms with Crippen LogP contribution in [0, 0.1) is 5.82 Å². The van der Waals surface area contributed by atoms with Crippen LogP contribution in [0.4, 0.5) is 4.39 Å². The summed E-state index contributed by atoms with van der Waals surface area (Å²) in [7, 11) is -4.17. The Morgan fingerprint density at radius 1 is 1.03 bits per heavy atom. The Kier molecular flexibility index (Phi) is 6.22. The number of hydrogen-bond acceptors (Lipinski definition) is 5.